The molecule has 0 radical (unpaired) electrons. The molecule has 0 aromatic carbocycles. The van der Waals surface area contributed by atoms with E-state index in [-0.39, 0.29) is 11.5 Å². The Balaban J connectivity index is 2.65. The Kier molecular flexibility index (Phi) is 4.75. The van der Waals surface area contributed by atoms with E-state index in [2.05, 4.69) is 45.8 Å². The Morgan fingerprint density at radius 3 is 2.47 bits per heavy atom. The van der Waals surface area contributed by atoms with E-state index in [0.717, 1.165) is 31.5 Å². The molecule has 0 aliphatic heterocycles. The summed E-state index contributed by atoms with van der Waals surface area (Å²) in [4.78, 5) is 0. The Morgan fingerprint density at radius 2 is 2.00 bits per heavy atom. The van der Waals surface area contributed by atoms with Crippen LogP contribution in [-0.4, -0.2) is 21.0 Å². The number of aromatic nitrogens is 2. The molecule has 0 fully saturated rings. The second kappa shape index (κ2) is 5.67. The van der Waals surface area contributed by atoms with Crippen LogP contribution in [0.4, 0.5) is 0 Å². The molecule has 1 heterocycles. The second-order valence-electron chi connectivity index (χ2n) is 5.72. The van der Waals surface area contributed by atoms with Crippen molar-refractivity contribution in [1.82, 2.24) is 9.78 Å². The maximum Gasteiger partial charge on any atom is 0.0624 e. The highest BCUT2D eigenvalue weighted by Gasteiger charge is 2.22. The zero-order valence-corrected chi connectivity index (χ0v) is 11.8. The van der Waals surface area contributed by atoms with Gasteiger partial charge < -0.3 is 5.11 Å². The van der Waals surface area contributed by atoms with E-state index in [9.17, 15) is 5.11 Å². The van der Waals surface area contributed by atoms with Gasteiger partial charge in [0.05, 0.1) is 11.8 Å². The normalized spacial score (nSPS) is 14.0. The Bertz CT molecular complexity index is 350. The number of hydrogen-bond donors (Lipinski definition) is 1. The van der Waals surface area contributed by atoms with Gasteiger partial charge in [-0.3, -0.25) is 4.68 Å². The SMILES string of the molecule is CCc1cc(CCC(O)C(C)(C)C)n(CC)n1. The molecule has 3 nitrogen and oxygen atoms in total. The fourth-order valence-corrected chi connectivity index (χ4v) is 1.88. The molecule has 98 valence electrons. The molecular weight excluding hydrogens is 212 g/mol. The lowest BCUT2D eigenvalue weighted by atomic mass is 9.86. The summed E-state index contributed by atoms with van der Waals surface area (Å²) in [5.41, 5.74) is 2.35. The summed E-state index contributed by atoms with van der Waals surface area (Å²) in [6, 6.07) is 2.17. The van der Waals surface area contributed by atoms with Crippen LogP contribution < -0.4 is 0 Å². The van der Waals surface area contributed by atoms with Crippen molar-refractivity contribution in [1.29, 1.82) is 0 Å². The molecule has 0 aliphatic rings. The molecule has 0 bridgehead atoms. The maximum absolute atomic E-state index is 10.0. The first-order valence-corrected chi connectivity index (χ1v) is 6.62. The standard InChI is InChI=1S/C14H26N2O/c1-6-11-10-12(16(7-2)15-11)8-9-13(17)14(3,4)5/h10,13,17H,6-9H2,1-5H3. The van der Waals surface area contributed by atoms with Gasteiger partial charge >= 0.3 is 0 Å². The van der Waals surface area contributed by atoms with Gasteiger partial charge in [0.1, 0.15) is 0 Å². The number of rotatable bonds is 5. The molecule has 1 unspecified atom stereocenters. The average Bonchev–Trinajstić information content (AvgIpc) is 2.66. The summed E-state index contributed by atoms with van der Waals surface area (Å²) in [7, 11) is 0. The molecule has 0 saturated heterocycles. The first-order chi connectivity index (χ1) is 7.88. The van der Waals surface area contributed by atoms with Crippen LogP contribution in [0.25, 0.3) is 0 Å². The van der Waals surface area contributed by atoms with Crippen molar-refractivity contribution in [2.45, 2.75) is 66.5 Å². The third-order valence-electron chi connectivity index (χ3n) is 3.25. The van der Waals surface area contributed by atoms with Crippen molar-refractivity contribution in [3.8, 4) is 0 Å². The maximum atomic E-state index is 10.0. The minimum atomic E-state index is -0.257. The number of aliphatic hydroxyl groups excluding tert-OH is 1. The summed E-state index contributed by atoms with van der Waals surface area (Å²) in [5.74, 6) is 0. The number of aryl methyl sites for hydroxylation is 3. The van der Waals surface area contributed by atoms with Gasteiger partial charge in [0, 0.05) is 12.2 Å². The molecule has 0 aliphatic carbocycles. The molecule has 0 amide bonds. The van der Waals surface area contributed by atoms with Gasteiger partial charge in [0.15, 0.2) is 0 Å². The first kappa shape index (κ1) is 14.2. The molecule has 0 spiro atoms. The Morgan fingerprint density at radius 1 is 1.35 bits per heavy atom. The zero-order chi connectivity index (χ0) is 13.1. The van der Waals surface area contributed by atoms with Crippen molar-refractivity contribution in [3.63, 3.8) is 0 Å². The second-order valence-corrected chi connectivity index (χ2v) is 5.72. The van der Waals surface area contributed by atoms with Crippen molar-refractivity contribution in [2.75, 3.05) is 0 Å². The van der Waals surface area contributed by atoms with E-state index in [1.165, 1.54) is 5.69 Å². The summed E-state index contributed by atoms with van der Waals surface area (Å²) >= 11 is 0. The van der Waals surface area contributed by atoms with E-state index >= 15 is 0 Å². The third-order valence-corrected chi connectivity index (χ3v) is 3.25. The van der Waals surface area contributed by atoms with Gasteiger partial charge in [0.25, 0.3) is 0 Å². The van der Waals surface area contributed by atoms with Crippen LogP contribution in [0.15, 0.2) is 6.07 Å². The lowest BCUT2D eigenvalue weighted by Gasteiger charge is -2.25. The number of nitrogens with zero attached hydrogens (tertiary/aromatic N) is 2. The topological polar surface area (TPSA) is 38.0 Å². The van der Waals surface area contributed by atoms with Crippen LogP contribution in [-0.2, 0) is 19.4 Å². The highest BCUT2D eigenvalue weighted by atomic mass is 16.3. The molecule has 1 N–H and O–H groups in total. The monoisotopic (exact) mass is 238 g/mol. The summed E-state index contributed by atoms with van der Waals surface area (Å²) < 4.78 is 2.05. The van der Waals surface area contributed by atoms with Gasteiger partial charge in [-0.15, -0.1) is 0 Å². The fraction of sp³-hybridized carbons (Fsp3) is 0.786. The van der Waals surface area contributed by atoms with E-state index in [4.69, 9.17) is 0 Å². The van der Waals surface area contributed by atoms with E-state index in [1.54, 1.807) is 0 Å². The molecular formula is C14H26N2O. The third kappa shape index (κ3) is 3.84. The van der Waals surface area contributed by atoms with Crippen molar-refractivity contribution < 1.29 is 5.11 Å². The smallest absolute Gasteiger partial charge is 0.0624 e. The van der Waals surface area contributed by atoms with E-state index in [1.807, 2.05) is 4.68 Å². The Labute approximate surface area is 105 Å². The Hall–Kier alpha value is -0.830. The zero-order valence-electron chi connectivity index (χ0n) is 11.8. The summed E-state index contributed by atoms with van der Waals surface area (Å²) in [6.07, 6.45) is 2.42. The fourth-order valence-electron chi connectivity index (χ4n) is 1.88. The van der Waals surface area contributed by atoms with Crippen LogP contribution in [0.5, 0.6) is 0 Å². The summed E-state index contributed by atoms with van der Waals surface area (Å²) in [6.45, 7) is 11.4. The van der Waals surface area contributed by atoms with Crippen LogP contribution in [0.3, 0.4) is 0 Å². The van der Waals surface area contributed by atoms with E-state index in [0.29, 0.717) is 0 Å². The molecule has 17 heavy (non-hydrogen) atoms. The van der Waals surface area contributed by atoms with Gasteiger partial charge in [-0.25, -0.2) is 0 Å². The lowest BCUT2D eigenvalue weighted by Crippen LogP contribution is -2.26. The van der Waals surface area contributed by atoms with Crippen molar-refractivity contribution >= 4 is 0 Å². The minimum absolute atomic E-state index is 0.0371. The molecule has 1 rings (SSSR count). The highest BCUT2D eigenvalue weighted by Crippen LogP contribution is 2.23. The highest BCUT2D eigenvalue weighted by molar-refractivity contribution is 5.10. The number of hydrogen-bond acceptors (Lipinski definition) is 2. The van der Waals surface area contributed by atoms with Crippen LogP contribution in [0.1, 0.15) is 52.4 Å². The van der Waals surface area contributed by atoms with E-state index < -0.39 is 0 Å². The van der Waals surface area contributed by atoms with Crippen molar-refractivity contribution in [2.24, 2.45) is 5.41 Å². The molecule has 0 saturated carbocycles. The van der Waals surface area contributed by atoms with Crippen LogP contribution in [0, 0.1) is 5.41 Å². The van der Waals surface area contributed by atoms with Gasteiger partial charge in [0.2, 0.25) is 0 Å². The average molecular weight is 238 g/mol. The van der Waals surface area contributed by atoms with Crippen LogP contribution >= 0.6 is 0 Å². The van der Waals surface area contributed by atoms with Gasteiger partial charge in [-0.05, 0) is 37.7 Å². The molecule has 3 heteroatoms. The lowest BCUT2D eigenvalue weighted by molar-refractivity contribution is 0.0555. The number of aliphatic hydroxyl groups is 1. The van der Waals surface area contributed by atoms with Gasteiger partial charge in [-0.2, -0.15) is 5.10 Å². The van der Waals surface area contributed by atoms with Crippen molar-refractivity contribution in [3.05, 3.63) is 17.5 Å². The quantitative estimate of drug-likeness (QED) is 0.856. The summed E-state index contributed by atoms with van der Waals surface area (Å²) in [5, 5.41) is 14.6. The van der Waals surface area contributed by atoms with Crippen LogP contribution in [0.2, 0.25) is 0 Å². The molecule has 1 aromatic rings. The minimum Gasteiger partial charge on any atom is -0.393 e. The predicted octanol–water partition coefficient (Wildman–Crippen LogP) is 2.81. The first-order valence-electron chi connectivity index (χ1n) is 6.62. The molecule has 1 aromatic heterocycles. The van der Waals surface area contributed by atoms with Gasteiger partial charge in [-0.1, -0.05) is 27.7 Å². The largest absolute Gasteiger partial charge is 0.393 e. The molecule has 1 atom stereocenters. The predicted molar refractivity (Wildman–Crippen MR) is 71.1 cm³/mol.